The lowest BCUT2D eigenvalue weighted by Gasteiger charge is -2.23. The molecule has 1 amide bonds. The Morgan fingerprint density at radius 1 is 1.26 bits per heavy atom. The van der Waals surface area contributed by atoms with E-state index in [0.717, 1.165) is 5.69 Å². The van der Waals surface area contributed by atoms with Crippen LogP contribution in [0.25, 0.3) is 0 Å². The van der Waals surface area contributed by atoms with Gasteiger partial charge in [0.15, 0.2) is 0 Å². The second-order valence-corrected chi connectivity index (χ2v) is 5.23. The Hall–Kier alpha value is -1.55. The van der Waals surface area contributed by atoms with E-state index in [1.54, 1.807) is 26.1 Å². The van der Waals surface area contributed by atoms with Crippen LogP contribution in [-0.4, -0.2) is 44.7 Å². The maximum absolute atomic E-state index is 11.8. The third kappa shape index (κ3) is 4.56. The fourth-order valence-corrected chi connectivity index (χ4v) is 1.76. The number of ether oxygens (including phenoxy) is 1. The van der Waals surface area contributed by atoms with Gasteiger partial charge in [-0.05, 0) is 30.2 Å². The minimum atomic E-state index is 0.0175. The van der Waals surface area contributed by atoms with Crippen molar-refractivity contribution in [1.82, 2.24) is 4.90 Å². The topological polar surface area (TPSA) is 41.6 Å². The summed E-state index contributed by atoms with van der Waals surface area (Å²) in [5.41, 5.74) is 1.70. The van der Waals surface area contributed by atoms with Crippen LogP contribution in [0, 0.1) is 5.92 Å². The van der Waals surface area contributed by atoms with Gasteiger partial charge in [0, 0.05) is 32.5 Å². The number of amides is 1. The fourth-order valence-electron chi connectivity index (χ4n) is 1.76. The summed E-state index contributed by atoms with van der Waals surface area (Å²) in [5.74, 6) is 0.492. The van der Waals surface area contributed by atoms with E-state index in [4.69, 9.17) is 4.74 Å². The molecule has 1 N–H and O–H groups in total. The van der Waals surface area contributed by atoms with Crippen LogP contribution in [0.15, 0.2) is 24.3 Å². The first-order valence-electron chi connectivity index (χ1n) is 6.53. The van der Waals surface area contributed by atoms with Gasteiger partial charge in [-0.2, -0.15) is 0 Å². The number of anilines is 1. The molecule has 1 atom stereocenters. The van der Waals surface area contributed by atoms with Crippen LogP contribution in [0.5, 0.6) is 0 Å². The van der Waals surface area contributed by atoms with Crippen LogP contribution in [0.2, 0.25) is 0 Å². The number of hydrogen-bond acceptors (Lipinski definition) is 3. The van der Waals surface area contributed by atoms with E-state index >= 15 is 0 Å². The number of carbonyl (C=O) groups is 1. The van der Waals surface area contributed by atoms with Crippen LogP contribution < -0.4 is 5.32 Å². The van der Waals surface area contributed by atoms with E-state index in [2.05, 4.69) is 19.2 Å². The van der Waals surface area contributed by atoms with Gasteiger partial charge in [-0.3, -0.25) is 4.79 Å². The molecule has 0 radical (unpaired) electrons. The molecule has 0 saturated heterocycles. The largest absolute Gasteiger partial charge is 0.383 e. The van der Waals surface area contributed by atoms with Crippen molar-refractivity contribution in [2.45, 2.75) is 19.9 Å². The second-order valence-electron chi connectivity index (χ2n) is 5.23. The quantitative estimate of drug-likeness (QED) is 0.858. The highest BCUT2D eigenvalue weighted by Gasteiger charge is 2.13. The summed E-state index contributed by atoms with van der Waals surface area (Å²) in [6.07, 6.45) is 0. The molecule has 0 aliphatic carbocycles. The maximum atomic E-state index is 11.8. The SMILES string of the molecule is COCC(Nc1ccc(C(=O)N(C)C)cc1)C(C)C. The third-order valence-electron chi connectivity index (χ3n) is 3.04. The predicted molar refractivity (Wildman–Crippen MR) is 78.6 cm³/mol. The van der Waals surface area contributed by atoms with Crippen molar-refractivity contribution < 1.29 is 9.53 Å². The van der Waals surface area contributed by atoms with E-state index in [1.807, 2.05) is 24.3 Å². The Bertz CT molecular complexity index is 399. The van der Waals surface area contributed by atoms with E-state index in [9.17, 15) is 4.79 Å². The van der Waals surface area contributed by atoms with E-state index in [0.29, 0.717) is 18.1 Å². The zero-order valence-corrected chi connectivity index (χ0v) is 12.4. The van der Waals surface area contributed by atoms with Gasteiger partial charge < -0.3 is 15.0 Å². The van der Waals surface area contributed by atoms with Crippen molar-refractivity contribution in [1.29, 1.82) is 0 Å². The zero-order valence-electron chi connectivity index (χ0n) is 12.4. The van der Waals surface area contributed by atoms with Gasteiger partial charge in [0.1, 0.15) is 0 Å². The lowest BCUT2D eigenvalue weighted by molar-refractivity contribution is 0.0827. The van der Waals surface area contributed by atoms with E-state index < -0.39 is 0 Å². The van der Waals surface area contributed by atoms with Gasteiger partial charge in [0.25, 0.3) is 5.91 Å². The normalized spacial score (nSPS) is 12.3. The summed E-state index contributed by atoms with van der Waals surface area (Å²) >= 11 is 0. The smallest absolute Gasteiger partial charge is 0.253 e. The van der Waals surface area contributed by atoms with Crippen LogP contribution in [0.1, 0.15) is 24.2 Å². The summed E-state index contributed by atoms with van der Waals surface area (Å²) in [5, 5.41) is 3.42. The highest BCUT2D eigenvalue weighted by atomic mass is 16.5. The number of nitrogens with one attached hydrogen (secondary N) is 1. The zero-order chi connectivity index (χ0) is 14.4. The third-order valence-corrected chi connectivity index (χ3v) is 3.04. The molecule has 0 saturated carbocycles. The average molecular weight is 264 g/mol. The number of nitrogens with zero attached hydrogens (tertiary/aromatic N) is 1. The van der Waals surface area contributed by atoms with Crippen molar-refractivity contribution in [2.75, 3.05) is 33.1 Å². The maximum Gasteiger partial charge on any atom is 0.253 e. The Kier molecular flexibility index (Phi) is 5.83. The number of benzene rings is 1. The van der Waals surface area contributed by atoms with E-state index in [1.165, 1.54) is 0 Å². The highest BCUT2D eigenvalue weighted by molar-refractivity contribution is 5.94. The van der Waals surface area contributed by atoms with Crippen molar-refractivity contribution in [2.24, 2.45) is 5.92 Å². The molecule has 0 aliphatic heterocycles. The second kappa shape index (κ2) is 7.14. The summed E-state index contributed by atoms with van der Waals surface area (Å²) < 4.78 is 5.21. The Labute approximate surface area is 115 Å². The van der Waals surface area contributed by atoms with E-state index in [-0.39, 0.29) is 11.9 Å². The molecule has 0 aromatic heterocycles. The lowest BCUT2D eigenvalue weighted by atomic mass is 10.0. The molecule has 0 spiro atoms. The molecular weight excluding hydrogens is 240 g/mol. The van der Waals surface area contributed by atoms with Gasteiger partial charge in [0.05, 0.1) is 12.6 Å². The average Bonchev–Trinajstić information content (AvgIpc) is 2.38. The summed E-state index contributed by atoms with van der Waals surface area (Å²) in [7, 11) is 5.21. The molecule has 4 nitrogen and oxygen atoms in total. The minimum absolute atomic E-state index is 0.0175. The predicted octanol–water partition coefficient (Wildman–Crippen LogP) is 2.47. The monoisotopic (exact) mass is 264 g/mol. The van der Waals surface area contributed by atoms with Crippen LogP contribution in [-0.2, 0) is 4.74 Å². The first kappa shape index (κ1) is 15.5. The van der Waals surface area contributed by atoms with Crippen LogP contribution in [0.3, 0.4) is 0 Å². The Morgan fingerprint density at radius 3 is 2.26 bits per heavy atom. The molecule has 19 heavy (non-hydrogen) atoms. The van der Waals surface area contributed by atoms with Gasteiger partial charge >= 0.3 is 0 Å². The lowest BCUT2D eigenvalue weighted by Crippen LogP contribution is -2.30. The molecular formula is C15H24N2O2. The number of rotatable bonds is 6. The van der Waals surface area contributed by atoms with Gasteiger partial charge in [-0.1, -0.05) is 13.8 Å². The van der Waals surface area contributed by atoms with Crippen molar-refractivity contribution in [3.8, 4) is 0 Å². The first-order chi connectivity index (χ1) is 8.95. The summed E-state index contributed by atoms with van der Waals surface area (Å²) in [6.45, 7) is 4.97. The van der Waals surface area contributed by atoms with Crippen molar-refractivity contribution in [3.63, 3.8) is 0 Å². The van der Waals surface area contributed by atoms with Crippen molar-refractivity contribution in [3.05, 3.63) is 29.8 Å². The molecule has 106 valence electrons. The number of methoxy groups -OCH3 is 1. The Balaban J connectivity index is 2.73. The molecule has 0 bridgehead atoms. The molecule has 1 aromatic rings. The fraction of sp³-hybridized carbons (Fsp3) is 0.533. The number of hydrogen-bond donors (Lipinski definition) is 1. The van der Waals surface area contributed by atoms with Gasteiger partial charge in [-0.15, -0.1) is 0 Å². The van der Waals surface area contributed by atoms with Crippen molar-refractivity contribution >= 4 is 11.6 Å². The highest BCUT2D eigenvalue weighted by Crippen LogP contribution is 2.15. The standard InChI is InChI=1S/C15H24N2O2/c1-11(2)14(10-19-5)16-13-8-6-12(7-9-13)15(18)17(3)4/h6-9,11,14,16H,10H2,1-5H3. The first-order valence-corrected chi connectivity index (χ1v) is 6.53. The molecule has 0 fully saturated rings. The number of carbonyl (C=O) groups excluding carboxylic acids is 1. The Morgan fingerprint density at radius 2 is 1.84 bits per heavy atom. The van der Waals surface area contributed by atoms with Crippen LogP contribution in [0.4, 0.5) is 5.69 Å². The molecule has 4 heteroatoms. The van der Waals surface area contributed by atoms with Crippen LogP contribution >= 0.6 is 0 Å². The molecule has 1 aromatic carbocycles. The molecule has 1 rings (SSSR count). The summed E-state index contributed by atoms with van der Waals surface area (Å²) in [4.78, 5) is 13.3. The van der Waals surface area contributed by atoms with Gasteiger partial charge in [0.2, 0.25) is 0 Å². The summed E-state index contributed by atoms with van der Waals surface area (Å²) in [6, 6.07) is 7.81. The van der Waals surface area contributed by atoms with Gasteiger partial charge in [-0.25, -0.2) is 0 Å². The minimum Gasteiger partial charge on any atom is -0.383 e. The molecule has 0 heterocycles. The molecule has 0 aliphatic rings. The molecule has 1 unspecified atom stereocenters.